The molecule has 1 fully saturated rings. The van der Waals surface area contributed by atoms with Gasteiger partial charge >= 0.3 is 0 Å². The molecule has 3 aromatic rings. The zero-order chi connectivity index (χ0) is 34.8. The Balaban J connectivity index is 1.26. The van der Waals surface area contributed by atoms with E-state index in [9.17, 15) is 17.6 Å². The molecule has 0 aliphatic heterocycles. The van der Waals surface area contributed by atoms with Crippen LogP contribution in [0.15, 0.2) is 65.6 Å². The first-order chi connectivity index (χ1) is 22.9. The fourth-order valence-corrected chi connectivity index (χ4v) is 8.97. The van der Waals surface area contributed by atoms with E-state index < -0.39 is 10.0 Å². The summed E-state index contributed by atoms with van der Waals surface area (Å²) in [5.74, 6) is 1.29. The first-order valence-electron chi connectivity index (χ1n) is 16.9. The Morgan fingerprint density at radius 1 is 0.979 bits per heavy atom. The lowest BCUT2D eigenvalue weighted by atomic mass is 9.75. The Hall–Kier alpha value is -3.31. The molecule has 10 heteroatoms. The smallest absolute Gasteiger partial charge is 0.245 e. The van der Waals surface area contributed by atoms with Crippen LogP contribution in [0.3, 0.4) is 0 Å². The van der Waals surface area contributed by atoms with E-state index in [-0.39, 0.29) is 49.0 Å². The van der Waals surface area contributed by atoms with Gasteiger partial charge in [0.15, 0.2) is 0 Å². The van der Waals surface area contributed by atoms with E-state index in [0.29, 0.717) is 35.3 Å². The predicted octanol–water partition coefficient (Wildman–Crippen LogP) is 6.58. The molecular formula is C38H52FN3O5S. The van der Waals surface area contributed by atoms with Gasteiger partial charge in [-0.15, -0.1) is 0 Å². The van der Waals surface area contributed by atoms with E-state index >= 15 is 0 Å². The number of methoxy groups -OCH3 is 1. The molecule has 1 saturated carbocycles. The number of hydrogen-bond acceptors (Lipinski definition) is 6. The Morgan fingerprint density at radius 2 is 1.65 bits per heavy atom. The number of amides is 1. The third-order valence-corrected chi connectivity index (χ3v) is 11.8. The van der Waals surface area contributed by atoms with Crippen molar-refractivity contribution in [2.75, 3.05) is 47.5 Å². The second kappa shape index (κ2) is 17.4. The van der Waals surface area contributed by atoms with Crippen molar-refractivity contribution in [2.24, 2.45) is 11.8 Å². The van der Waals surface area contributed by atoms with E-state index in [2.05, 4.69) is 24.3 Å². The van der Waals surface area contributed by atoms with Crippen LogP contribution in [0.2, 0.25) is 0 Å². The number of nitrogens with zero attached hydrogens (tertiary/aromatic N) is 2. The molecule has 8 nitrogen and oxygen atoms in total. The van der Waals surface area contributed by atoms with Crippen LogP contribution >= 0.6 is 0 Å². The number of carbonyl (C=O) groups is 1. The predicted molar refractivity (Wildman–Crippen MR) is 188 cm³/mol. The largest absolute Gasteiger partial charge is 0.496 e. The summed E-state index contributed by atoms with van der Waals surface area (Å²) in [5.41, 5.74) is 4.07. The van der Waals surface area contributed by atoms with Crippen molar-refractivity contribution >= 4 is 15.9 Å². The summed E-state index contributed by atoms with van der Waals surface area (Å²) >= 11 is 0. The van der Waals surface area contributed by atoms with Crippen molar-refractivity contribution in [3.8, 4) is 5.75 Å². The molecule has 1 aliphatic rings. The second-order valence-electron chi connectivity index (χ2n) is 13.2. The number of halogens is 1. The third kappa shape index (κ3) is 9.65. The number of hydrogen-bond donors (Lipinski definition) is 1. The molecule has 1 aliphatic carbocycles. The summed E-state index contributed by atoms with van der Waals surface area (Å²) in [7, 11) is 1.86. The number of benzene rings is 3. The van der Waals surface area contributed by atoms with Crippen molar-refractivity contribution < 1.29 is 27.1 Å². The van der Waals surface area contributed by atoms with E-state index in [1.165, 1.54) is 16.4 Å². The zero-order valence-corrected chi connectivity index (χ0v) is 30.1. The normalized spacial score (nSPS) is 17.4. The summed E-state index contributed by atoms with van der Waals surface area (Å²) in [6, 6.07) is 18.3. The molecule has 1 atom stereocenters. The molecule has 0 aromatic heterocycles. The van der Waals surface area contributed by atoms with Gasteiger partial charge in [0.2, 0.25) is 15.9 Å². The molecule has 48 heavy (non-hydrogen) atoms. The van der Waals surface area contributed by atoms with Crippen molar-refractivity contribution in [1.29, 1.82) is 0 Å². The average Bonchev–Trinajstić information content (AvgIpc) is 3.06. The van der Waals surface area contributed by atoms with Gasteiger partial charge in [0.1, 0.15) is 18.2 Å². The lowest BCUT2D eigenvalue weighted by Crippen LogP contribution is -2.36. The van der Waals surface area contributed by atoms with Gasteiger partial charge in [-0.05, 0) is 112 Å². The fraction of sp³-hybridized carbons (Fsp3) is 0.500. The average molecular weight is 682 g/mol. The summed E-state index contributed by atoms with van der Waals surface area (Å²) in [6.07, 6.45) is 5.30. The number of aryl methyl sites for hydroxylation is 1. The summed E-state index contributed by atoms with van der Waals surface area (Å²) < 4.78 is 54.2. The van der Waals surface area contributed by atoms with Gasteiger partial charge in [0, 0.05) is 25.7 Å². The van der Waals surface area contributed by atoms with E-state index in [1.54, 1.807) is 27.0 Å². The van der Waals surface area contributed by atoms with Crippen LogP contribution in [-0.4, -0.2) is 71.0 Å². The Bertz CT molecular complexity index is 1590. The first-order valence-corrected chi connectivity index (χ1v) is 18.3. The maximum absolute atomic E-state index is 14.1. The molecular weight excluding hydrogens is 629 g/mol. The molecule has 0 saturated heterocycles. The highest BCUT2D eigenvalue weighted by atomic mass is 32.2. The van der Waals surface area contributed by atoms with Gasteiger partial charge in [-0.1, -0.05) is 55.3 Å². The fourth-order valence-electron chi connectivity index (χ4n) is 7.07. The first kappa shape index (κ1) is 37.5. The Labute approximate surface area is 286 Å². The molecule has 1 amide bonds. The van der Waals surface area contributed by atoms with Crippen molar-refractivity contribution in [2.45, 2.75) is 70.4 Å². The number of rotatable bonds is 16. The van der Waals surface area contributed by atoms with Crippen LogP contribution in [0.1, 0.15) is 66.0 Å². The number of carbonyl (C=O) groups excluding carboxylic acids is 1. The molecule has 0 spiro atoms. The minimum absolute atomic E-state index is 0.0812. The molecule has 262 valence electrons. The lowest BCUT2D eigenvalue weighted by Gasteiger charge is -2.37. The third-order valence-electron chi connectivity index (χ3n) is 9.70. The minimum Gasteiger partial charge on any atom is -0.496 e. The van der Waals surface area contributed by atoms with Crippen molar-refractivity contribution in [3.05, 3.63) is 94.3 Å². The number of sulfonamides is 1. The highest BCUT2D eigenvalue weighted by molar-refractivity contribution is 7.89. The van der Waals surface area contributed by atoms with Gasteiger partial charge in [0.05, 0.1) is 18.6 Å². The van der Waals surface area contributed by atoms with Crippen LogP contribution in [0.4, 0.5) is 4.39 Å². The number of ether oxygens (including phenoxy) is 2. The monoisotopic (exact) mass is 681 g/mol. The molecule has 0 radical (unpaired) electrons. The van der Waals surface area contributed by atoms with Gasteiger partial charge in [0.25, 0.3) is 0 Å². The topological polar surface area (TPSA) is 88.2 Å². The summed E-state index contributed by atoms with van der Waals surface area (Å²) in [6.45, 7) is 6.26. The minimum atomic E-state index is -3.89. The maximum atomic E-state index is 14.1. The van der Waals surface area contributed by atoms with Crippen molar-refractivity contribution in [1.82, 2.24) is 14.5 Å². The van der Waals surface area contributed by atoms with E-state index in [0.717, 1.165) is 48.8 Å². The lowest BCUT2D eigenvalue weighted by molar-refractivity contribution is -0.125. The van der Waals surface area contributed by atoms with Crippen LogP contribution in [0.5, 0.6) is 5.75 Å². The van der Waals surface area contributed by atoms with Crippen LogP contribution in [0.25, 0.3) is 0 Å². The summed E-state index contributed by atoms with van der Waals surface area (Å²) in [4.78, 5) is 15.1. The molecule has 0 bridgehead atoms. The number of nitrogens with one attached hydrogen (secondary N) is 1. The van der Waals surface area contributed by atoms with Gasteiger partial charge in [-0.3, -0.25) is 4.79 Å². The molecule has 3 aromatic carbocycles. The Morgan fingerprint density at radius 3 is 2.27 bits per heavy atom. The van der Waals surface area contributed by atoms with Gasteiger partial charge < -0.3 is 19.7 Å². The SMILES string of the molecule is COc1cc(C)c(S(=O)(=O)N(CCOCC(=O)NCCC2CCC(C(c3ccc(F)cc3)N(C)C)CC2)Cc2ccccc2)c(C)c1C. The van der Waals surface area contributed by atoms with Gasteiger partial charge in [-0.2, -0.15) is 4.31 Å². The van der Waals surface area contributed by atoms with Crippen LogP contribution < -0.4 is 10.1 Å². The van der Waals surface area contributed by atoms with Crippen LogP contribution in [-0.2, 0) is 26.1 Å². The molecule has 0 heterocycles. The standard InChI is InChI=1S/C38H52FN3O5S/c1-27-24-35(46-6)28(2)29(3)38(27)48(44,45)42(25-31-10-8-7-9-11-31)22-23-47-26-36(43)40-21-20-30-12-14-32(15-13-30)37(41(4)5)33-16-18-34(39)19-17-33/h7-11,16-19,24,30,32,37H,12-15,20-23,25-26H2,1-6H3,(H,40,43). The van der Waals surface area contributed by atoms with Gasteiger partial charge in [-0.25, -0.2) is 12.8 Å². The highest BCUT2D eigenvalue weighted by Gasteiger charge is 2.31. The van der Waals surface area contributed by atoms with E-state index in [4.69, 9.17) is 9.47 Å². The summed E-state index contributed by atoms with van der Waals surface area (Å²) in [5, 5.41) is 2.98. The molecule has 4 rings (SSSR count). The highest BCUT2D eigenvalue weighted by Crippen LogP contribution is 2.40. The second-order valence-corrected chi connectivity index (χ2v) is 15.1. The zero-order valence-electron chi connectivity index (χ0n) is 29.3. The quantitative estimate of drug-likeness (QED) is 0.172. The molecule has 1 unspecified atom stereocenters. The van der Waals surface area contributed by atoms with Crippen molar-refractivity contribution in [3.63, 3.8) is 0 Å². The van der Waals surface area contributed by atoms with Crippen LogP contribution in [0, 0.1) is 38.4 Å². The maximum Gasteiger partial charge on any atom is 0.245 e. The molecule has 1 N–H and O–H groups in total. The van der Waals surface area contributed by atoms with E-state index in [1.807, 2.05) is 49.4 Å². The Kier molecular flexibility index (Phi) is 13.6.